The number of thiazole rings is 1. The molecule has 1 amide bonds. The van der Waals surface area contributed by atoms with Crippen molar-refractivity contribution in [3.05, 3.63) is 59.1 Å². The van der Waals surface area contributed by atoms with E-state index in [4.69, 9.17) is 0 Å². The molecule has 0 spiro atoms. The third kappa shape index (κ3) is 4.44. The van der Waals surface area contributed by atoms with Gasteiger partial charge in [-0.1, -0.05) is 21.6 Å². The largest absolute Gasteiger partial charge is 0.314 e. The molecule has 3 aromatic rings. The summed E-state index contributed by atoms with van der Waals surface area (Å²) in [6.07, 6.45) is 1.63. The first-order valence-corrected chi connectivity index (χ1v) is 11.3. The molecule has 8 nitrogen and oxygen atoms in total. The van der Waals surface area contributed by atoms with Gasteiger partial charge in [-0.3, -0.25) is 15.1 Å². The lowest BCUT2D eigenvalue weighted by Gasteiger charge is -2.20. The molecule has 2 aromatic heterocycles. The lowest BCUT2D eigenvalue weighted by atomic mass is 10.2. The van der Waals surface area contributed by atoms with Gasteiger partial charge in [-0.2, -0.15) is 5.26 Å². The Labute approximate surface area is 180 Å². The highest BCUT2D eigenvalue weighted by atomic mass is 32.2. The van der Waals surface area contributed by atoms with E-state index in [0.717, 1.165) is 37.5 Å². The van der Waals surface area contributed by atoms with Crippen molar-refractivity contribution in [3.63, 3.8) is 0 Å². The lowest BCUT2D eigenvalue weighted by molar-refractivity contribution is 0.102. The molecule has 10 heteroatoms. The molecule has 3 heterocycles. The van der Waals surface area contributed by atoms with Crippen LogP contribution in [0.15, 0.2) is 53.6 Å². The number of piperazine rings is 1. The van der Waals surface area contributed by atoms with Crippen molar-refractivity contribution >= 4 is 33.4 Å². The second-order valence-corrected chi connectivity index (χ2v) is 9.13. The summed E-state index contributed by atoms with van der Waals surface area (Å²) in [5.74, 6) is -0.343. The zero-order chi connectivity index (χ0) is 20.9. The number of rotatable bonds is 5. The number of anilines is 1. The van der Waals surface area contributed by atoms with Gasteiger partial charge in [0, 0.05) is 24.8 Å². The van der Waals surface area contributed by atoms with Gasteiger partial charge in [0.15, 0.2) is 21.0 Å². The summed E-state index contributed by atoms with van der Waals surface area (Å²) in [7, 11) is -1.64. The summed E-state index contributed by atoms with van der Waals surface area (Å²) < 4.78 is 14.6. The maximum atomic E-state index is 12.7. The van der Waals surface area contributed by atoms with Gasteiger partial charge in [0.05, 0.1) is 18.8 Å². The van der Waals surface area contributed by atoms with Gasteiger partial charge < -0.3 is 5.32 Å². The Bertz CT molecular complexity index is 1100. The molecule has 1 saturated heterocycles. The average molecular weight is 440 g/mol. The summed E-state index contributed by atoms with van der Waals surface area (Å²) in [6, 6.07) is 14.2. The van der Waals surface area contributed by atoms with Crippen LogP contribution in [0.3, 0.4) is 0 Å². The first-order chi connectivity index (χ1) is 14.7. The monoisotopic (exact) mass is 439 g/mol. The number of aromatic nitrogens is 2. The number of nitrogens with one attached hydrogen (secondary N) is 2. The molecule has 152 valence electrons. The second kappa shape index (κ2) is 9.23. The highest BCUT2D eigenvalue weighted by Crippen LogP contribution is 2.29. The van der Waals surface area contributed by atoms with E-state index in [1.807, 2.05) is 10.4 Å². The van der Waals surface area contributed by atoms with Crippen LogP contribution in [-0.4, -0.2) is 46.4 Å². The Morgan fingerprint density at radius 2 is 1.97 bits per heavy atom. The summed E-state index contributed by atoms with van der Waals surface area (Å²) >= 11 is 1.10. The van der Waals surface area contributed by atoms with Gasteiger partial charge in [-0.25, -0.2) is 4.98 Å². The molecule has 0 bridgehead atoms. The van der Waals surface area contributed by atoms with Gasteiger partial charge in [0.2, 0.25) is 0 Å². The highest BCUT2D eigenvalue weighted by molar-refractivity contribution is 7.82. The summed E-state index contributed by atoms with van der Waals surface area (Å²) in [5.41, 5.74) is 1.45. The minimum absolute atomic E-state index is 0.327. The summed E-state index contributed by atoms with van der Waals surface area (Å²) in [4.78, 5) is 22.3. The van der Waals surface area contributed by atoms with E-state index in [9.17, 15) is 14.3 Å². The molecule has 1 fully saturated rings. The van der Waals surface area contributed by atoms with Crippen LogP contribution in [0.2, 0.25) is 0 Å². The van der Waals surface area contributed by atoms with E-state index < -0.39 is 11.0 Å². The maximum Gasteiger partial charge on any atom is 0.257 e. The predicted molar refractivity (Wildman–Crippen MR) is 117 cm³/mol. The van der Waals surface area contributed by atoms with E-state index in [1.54, 1.807) is 42.6 Å². The van der Waals surface area contributed by atoms with Crippen LogP contribution in [0.1, 0.15) is 15.2 Å². The van der Waals surface area contributed by atoms with Crippen LogP contribution in [0.5, 0.6) is 0 Å². The number of thiol groups is 1. The quantitative estimate of drug-likeness (QED) is 0.466. The SMILES string of the molecule is N#Cc1sc(NC(=O)c2ccc([SH+](=O)N3CCNCC3)cc2)nc1-c1ccccn1. The number of carbonyl (C=O) groups excluding carboxylic acids is 1. The fourth-order valence-electron chi connectivity index (χ4n) is 3.03. The lowest BCUT2D eigenvalue weighted by Crippen LogP contribution is -2.43. The minimum atomic E-state index is -1.64. The number of benzene rings is 1. The molecular weight excluding hydrogens is 420 g/mol. The Morgan fingerprint density at radius 3 is 2.63 bits per heavy atom. The Balaban J connectivity index is 1.47. The van der Waals surface area contributed by atoms with E-state index in [0.29, 0.717) is 31.9 Å². The molecule has 30 heavy (non-hydrogen) atoms. The molecule has 0 radical (unpaired) electrons. The van der Waals surface area contributed by atoms with Gasteiger partial charge >= 0.3 is 0 Å². The minimum Gasteiger partial charge on any atom is -0.314 e. The highest BCUT2D eigenvalue weighted by Gasteiger charge is 2.23. The smallest absolute Gasteiger partial charge is 0.257 e. The van der Waals surface area contributed by atoms with Crippen molar-refractivity contribution in [1.29, 1.82) is 5.26 Å². The number of amides is 1. The van der Waals surface area contributed by atoms with Crippen LogP contribution < -0.4 is 10.6 Å². The van der Waals surface area contributed by atoms with E-state index in [2.05, 4.69) is 26.7 Å². The predicted octanol–water partition coefficient (Wildman–Crippen LogP) is 2.20. The van der Waals surface area contributed by atoms with Crippen LogP contribution in [0, 0.1) is 11.3 Å². The number of carbonyl (C=O) groups is 1. The normalized spacial score (nSPS) is 15.3. The number of pyridine rings is 1. The molecule has 4 rings (SSSR count). The molecule has 1 aliphatic rings. The van der Waals surface area contributed by atoms with Crippen molar-refractivity contribution in [2.45, 2.75) is 4.90 Å². The zero-order valence-electron chi connectivity index (χ0n) is 15.9. The van der Waals surface area contributed by atoms with Gasteiger partial charge in [0.25, 0.3) is 5.91 Å². The van der Waals surface area contributed by atoms with E-state index >= 15 is 0 Å². The second-order valence-electron chi connectivity index (χ2n) is 6.50. The van der Waals surface area contributed by atoms with Crippen molar-refractivity contribution in [2.24, 2.45) is 0 Å². The molecule has 1 aliphatic heterocycles. The number of hydrogen-bond acceptors (Lipinski definition) is 7. The van der Waals surface area contributed by atoms with Crippen LogP contribution in [-0.2, 0) is 15.2 Å². The topological polar surface area (TPSA) is 111 Å². The zero-order valence-corrected chi connectivity index (χ0v) is 17.6. The Hall–Kier alpha value is -2.97. The van der Waals surface area contributed by atoms with Gasteiger partial charge in [-0.05, 0) is 36.4 Å². The first kappa shape index (κ1) is 20.3. The molecule has 1 aromatic carbocycles. The standard InChI is InChI=1S/C20H18N6O2S2/c21-13-17-18(16-3-1-2-8-23-16)24-20(29-17)25-19(27)14-4-6-15(7-5-14)30(28)26-11-9-22-10-12-26/h1-8,22H,9-12H2,(H,24,25,27)/p+1. The number of nitrogens with zero attached hydrogens (tertiary/aromatic N) is 4. The molecule has 1 atom stereocenters. The third-order valence-corrected chi connectivity index (χ3v) is 7.09. The van der Waals surface area contributed by atoms with Crippen LogP contribution >= 0.6 is 11.3 Å². The Kier molecular flexibility index (Phi) is 6.25. The summed E-state index contributed by atoms with van der Waals surface area (Å²) in [6.45, 7) is 3.11. The van der Waals surface area contributed by atoms with E-state index in [-0.39, 0.29) is 5.91 Å². The van der Waals surface area contributed by atoms with Gasteiger partial charge in [-0.15, -0.1) is 4.31 Å². The molecule has 1 unspecified atom stereocenters. The average Bonchev–Trinajstić information content (AvgIpc) is 3.22. The number of hydrogen-bond donors (Lipinski definition) is 2. The van der Waals surface area contributed by atoms with E-state index in [1.165, 1.54) is 0 Å². The maximum absolute atomic E-state index is 12.7. The molecule has 0 saturated carbocycles. The first-order valence-electron chi connectivity index (χ1n) is 9.32. The fourth-order valence-corrected chi connectivity index (χ4v) is 5.09. The van der Waals surface area contributed by atoms with Crippen molar-refractivity contribution in [3.8, 4) is 17.5 Å². The molecule has 0 aliphatic carbocycles. The van der Waals surface area contributed by atoms with Gasteiger partial charge in [0.1, 0.15) is 16.6 Å². The summed E-state index contributed by atoms with van der Waals surface area (Å²) in [5, 5.41) is 15.7. The van der Waals surface area contributed by atoms with Crippen molar-refractivity contribution in [2.75, 3.05) is 31.5 Å². The molecular formula is C20H19N6O2S2+. The Morgan fingerprint density at radius 1 is 1.20 bits per heavy atom. The fraction of sp³-hybridized carbons (Fsp3) is 0.200. The third-order valence-electron chi connectivity index (χ3n) is 4.56. The number of nitriles is 1. The molecule has 2 N–H and O–H groups in total. The van der Waals surface area contributed by atoms with Crippen molar-refractivity contribution < 1.29 is 9.00 Å². The van der Waals surface area contributed by atoms with Crippen LogP contribution in [0.25, 0.3) is 11.4 Å². The van der Waals surface area contributed by atoms with Crippen LogP contribution in [0.4, 0.5) is 5.13 Å². The van der Waals surface area contributed by atoms with Crippen molar-refractivity contribution in [1.82, 2.24) is 19.6 Å².